The normalized spacial score (nSPS) is 12.9. The first kappa shape index (κ1) is 22.5. The monoisotopic (exact) mass is 389 g/mol. The first-order valence-corrected chi connectivity index (χ1v) is 8.11. The van der Waals surface area contributed by atoms with E-state index >= 15 is 0 Å². The Labute approximate surface area is 155 Å². The van der Waals surface area contributed by atoms with Crippen LogP contribution in [0.1, 0.15) is 49.5 Å². The topological polar surface area (TPSA) is 81.7 Å². The minimum Gasteiger partial charge on any atom is -0.467 e. The van der Waals surface area contributed by atoms with Crippen molar-refractivity contribution in [1.29, 1.82) is 0 Å². The molecule has 9 heteroatoms. The maximum absolute atomic E-state index is 12.8. The van der Waals surface area contributed by atoms with E-state index in [-0.39, 0.29) is 18.4 Å². The SMILES string of the molecule is COC(=O)[C@@H](CCC(=O)OC(C)(C)C)NC(=O)c1cccc(C(F)(F)F)c1. The van der Waals surface area contributed by atoms with Crippen molar-refractivity contribution in [2.75, 3.05) is 7.11 Å². The van der Waals surface area contributed by atoms with Crippen molar-refractivity contribution in [3.05, 3.63) is 35.4 Å². The van der Waals surface area contributed by atoms with Crippen molar-refractivity contribution in [2.45, 2.75) is 51.4 Å². The van der Waals surface area contributed by atoms with Crippen LogP contribution in [0.2, 0.25) is 0 Å². The Hall–Kier alpha value is -2.58. The number of alkyl halides is 3. The van der Waals surface area contributed by atoms with Gasteiger partial charge in [0.25, 0.3) is 5.91 Å². The van der Waals surface area contributed by atoms with Crippen LogP contribution in [0.5, 0.6) is 0 Å². The van der Waals surface area contributed by atoms with Crippen LogP contribution in [0.3, 0.4) is 0 Å². The van der Waals surface area contributed by atoms with Crippen molar-refractivity contribution < 1.29 is 37.0 Å². The summed E-state index contributed by atoms with van der Waals surface area (Å²) >= 11 is 0. The van der Waals surface area contributed by atoms with Crippen molar-refractivity contribution >= 4 is 17.8 Å². The number of benzene rings is 1. The zero-order valence-corrected chi connectivity index (χ0v) is 15.5. The maximum Gasteiger partial charge on any atom is 0.416 e. The lowest BCUT2D eigenvalue weighted by Gasteiger charge is -2.21. The summed E-state index contributed by atoms with van der Waals surface area (Å²) in [5.41, 5.74) is -1.96. The molecule has 27 heavy (non-hydrogen) atoms. The summed E-state index contributed by atoms with van der Waals surface area (Å²) in [7, 11) is 1.10. The lowest BCUT2D eigenvalue weighted by molar-refractivity contribution is -0.155. The van der Waals surface area contributed by atoms with Crippen molar-refractivity contribution in [3.8, 4) is 0 Å². The number of hydrogen-bond donors (Lipinski definition) is 1. The summed E-state index contributed by atoms with van der Waals surface area (Å²) in [6.07, 6.45) is -4.90. The molecule has 1 rings (SSSR count). The second kappa shape index (κ2) is 8.88. The summed E-state index contributed by atoms with van der Waals surface area (Å²) < 4.78 is 48.0. The summed E-state index contributed by atoms with van der Waals surface area (Å²) in [5, 5.41) is 2.29. The Morgan fingerprint density at radius 2 is 1.78 bits per heavy atom. The lowest BCUT2D eigenvalue weighted by Crippen LogP contribution is -2.42. The molecule has 0 aliphatic heterocycles. The Morgan fingerprint density at radius 1 is 1.15 bits per heavy atom. The molecule has 1 amide bonds. The molecule has 0 saturated carbocycles. The molecule has 150 valence electrons. The molecule has 1 aromatic carbocycles. The molecule has 0 spiro atoms. The van der Waals surface area contributed by atoms with Crippen LogP contribution in [-0.4, -0.2) is 36.6 Å². The molecule has 0 radical (unpaired) electrons. The van der Waals surface area contributed by atoms with Gasteiger partial charge in [-0.2, -0.15) is 13.2 Å². The molecule has 6 nitrogen and oxygen atoms in total. The van der Waals surface area contributed by atoms with E-state index < -0.39 is 41.2 Å². The molecule has 0 heterocycles. The predicted molar refractivity (Wildman–Crippen MR) is 89.8 cm³/mol. The molecule has 1 N–H and O–H groups in total. The summed E-state index contributed by atoms with van der Waals surface area (Å²) in [6.45, 7) is 5.04. The van der Waals surface area contributed by atoms with Crippen LogP contribution in [0.4, 0.5) is 13.2 Å². The molecule has 0 aliphatic rings. The van der Waals surface area contributed by atoms with Gasteiger partial charge in [-0.1, -0.05) is 6.07 Å². The first-order chi connectivity index (χ1) is 12.3. The number of carbonyl (C=O) groups is 3. The van der Waals surface area contributed by atoms with E-state index in [0.717, 1.165) is 19.2 Å². The molecular formula is C18H22F3NO5. The highest BCUT2D eigenvalue weighted by Crippen LogP contribution is 2.29. The number of rotatable bonds is 6. The van der Waals surface area contributed by atoms with Gasteiger partial charge >= 0.3 is 18.1 Å². The minimum absolute atomic E-state index is 0.119. The molecule has 0 unspecified atom stereocenters. The van der Waals surface area contributed by atoms with Crippen LogP contribution in [0, 0.1) is 0 Å². The van der Waals surface area contributed by atoms with Crippen molar-refractivity contribution in [3.63, 3.8) is 0 Å². The highest BCUT2D eigenvalue weighted by Gasteiger charge is 2.31. The third-order valence-electron chi connectivity index (χ3n) is 3.30. The van der Waals surface area contributed by atoms with Gasteiger partial charge in [0.15, 0.2) is 0 Å². The fourth-order valence-corrected chi connectivity index (χ4v) is 2.12. The predicted octanol–water partition coefficient (Wildman–Crippen LogP) is 3.10. The first-order valence-electron chi connectivity index (χ1n) is 8.11. The van der Waals surface area contributed by atoms with Crippen LogP contribution < -0.4 is 5.32 Å². The quantitative estimate of drug-likeness (QED) is 0.756. The third-order valence-corrected chi connectivity index (χ3v) is 3.30. The Bertz CT molecular complexity index is 695. The van der Waals surface area contributed by atoms with E-state index in [0.29, 0.717) is 6.07 Å². The highest BCUT2D eigenvalue weighted by atomic mass is 19.4. The smallest absolute Gasteiger partial charge is 0.416 e. The molecule has 0 saturated heterocycles. The highest BCUT2D eigenvalue weighted by molar-refractivity contribution is 5.97. The van der Waals surface area contributed by atoms with Crippen LogP contribution in [0.25, 0.3) is 0 Å². The van der Waals surface area contributed by atoms with Crippen molar-refractivity contribution in [2.24, 2.45) is 0 Å². The van der Waals surface area contributed by atoms with Crippen LogP contribution in [0.15, 0.2) is 24.3 Å². The maximum atomic E-state index is 12.8. The van der Waals surface area contributed by atoms with E-state index in [4.69, 9.17) is 4.74 Å². The largest absolute Gasteiger partial charge is 0.467 e. The van der Waals surface area contributed by atoms with E-state index in [2.05, 4.69) is 10.1 Å². The Kier molecular flexibility index (Phi) is 7.38. The molecule has 1 atom stereocenters. The fraction of sp³-hybridized carbons (Fsp3) is 0.500. The number of ether oxygens (including phenoxy) is 2. The summed E-state index contributed by atoms with van der Waals surface area (Å²) in [4.78, 5) is 35.8. The zero-order valence-electron chi connectivity index (χ0n) is 15.5. The van der Waals surface area contributed by atoms with E-state index in [1.165, 1.54) is 6.07 Å². The Morgan fingerprint density at radius 3 is 2.30 bits per heavy atom. The van der Waals surface area contributed by atoms with Gasteiger partial charge in [0, 0.05) is 12.0 Å². The van der Waals surface area contributed by atoms with Crippen LogP contribution in [-0.2, 0) is 25.2 Å². The van der Waals surface area contributed by atoms with E-state index in [1.54, 1.807) is 20.8 Å². The van der Waals surface area contributed by atoms with Gasteiger partial charge in [-0.15, -0.1) is 0 Å². The number of methoxy groups -OCH3 is 1. The fourth-order valence-electron chi connectivity index (χ4n) is 2.12. The summed E-state index contributed by atoms with van der Waals surface area (Å²) in [6, 6.07) is 2.58. The number of amides is 1. The summed E-state index contributed by atoms with van der Waals surface area (Å²) in [5.74, 6) is -2.29. The minimum atomic E-state index is -4.60. The van der Waals surface area contributed by atoms with Gasteiger partial charge in [0.05, 0.1) is 12.7 Å². The average Bonchev–Trinajstić information content (AvgIpc) is 2.55. The number of carbonyl (C=O) groups excluding carboxylic acids is 3. The van der Waals surface area contributed by atoms with Gasteiger partial charge in [-0.25, -0.2) is 4.79 Å². The average molecular weight is 389 g/mol. The zero-order chi connectivity index (χ0) is 20.8. The molecule has 1 aromatic rings. The molecule has 0 bridgehead atoms. The number of nitrogens with one attached hydrogen (secondary N) is 1. The van der Waals surface area contributed by atoms with Gasteiger partial charge in [-0.05, 0) is 45.4 Å². The second-order valence-electron chi connectivity index (χ2n) is 6.75. The van der Waals surface area contributed by atoms with Gasteiger partial charge in [-0.3, -0.25) is 9.59 Å². The number of esters is 2. The third kappa shape index (κ3) is 7.67. The van der Waals surface area contributed by atoms with Crippen LogP contribution >= 0.6 is 0 Å². The van der Waals surface area contributed by atoms with E-state index in [9.17, 15) is 27.6 Å². The molecular weight excluding hydrogens is 367 g/mol. The number of halogens is 3. The molecule has 0 aromatic heterocycles. The number of hydrogen-bond acceptors (Lipinski definition) is 5. The second-order valence-corrected chi connectivity index (χ2v) is 6.75. The molecule has 0 aliphatic carbocycles. The standard InChI is InChI=1S/C18H22F3NO5/c1-17(2,3)27-14(23)9-8-13(16(25)26-4)22-15(24)11-6-5-7-12(10-11)18(19,20)21/h5-7,10,13H,8-9H2,1-4H3,(H,22,24)/t13-/m1/s1. The van der Waals surface area contributed by atoms with Gasteiger partial charge in [0.2, 0.25) is 0 Å². The Balaban J connectivity index is 2.84. The van der Waals surface area contributed by atoms with Crippen molar-refractivity contribution in [1.82, 2.24) is 5.32 Å². The van der Waals surface area contributed by atoms with Gasteiger partial charge < -0.3 is 14.8 Å². The van der Waals surface area contributed by atoms with Gasteiger partial charge in [0.1, 0.15) is 11.6 Å². The van der Waals surface area contributed by atoms with E-state index in [1.807, 2.05) is 0 Å². The molecule has 0 fully saturated rings. The lowest BCUT2D eigenvalue weighted by atomic mass is 10.1.